The van der Waals surface area contributed by atoms with E-state index < -0.39 is 23.4 Å². The lowest BCUT2D eigenvalue weighted by Crippen LogP contribution is -2.32. The van der Waals surface area contributed by atoms with Crippen LogP contribution in [0.1, 0.15) is 22.3 Å². The van der Waals surface area contributed by atoms with E-state index >= 15 is 0 Å². The first kappa shape index (κ1) is 18.5. The molecule has 0 aliphatic carbocycles. The van der Waals surface area contributed by atoms with Gasteiger partial charge in [-0.1, -0.05) is 18.2 Å². The lowest BCUT2D eigenvalue weighted by atomic mass is 10.2. The molecule has 25 heavy (non-hydrogen) atoms. The van der Waals surface area contributed by atoms with Crippen LogP contribution in [0.3, 0.4) is 0 Å². The number of nitrogens with zero attached hydrogens (tertiary/aromatic N) is 1. The van der Waals surface area contributed by atoms with Gasteiger partial charge in [-0.2, -0.15) is 0 Å². The molecule has 0 bridgehead atoms. The van der Waals surface area contributed by atoms with Crippen molar-refractivity contribution in [2.45, 2.75) is 13.0 Å². The van der Waals surface area contributed by atoms with E-state index in [9.17, 15) is 22.8 Å². The van der Waals surface area contributed by atoms with Gasteiger partial charge < -0.3 is 10.2 Å². The third-order valence-electron chi connectivity index (χ3n) is 3.59. The highest BCUT2D eigenvalue weighted by Crippen LogP contribution is 2.10. The number of hydrogen-bond acceptors (Lipinski definition) is 2. The van der Waals surface area contributed by atoms with Crippen molar-refractivity contribution in [2.75, 3.05) is 13.6 Å². The summed E-state index contributed by atoms with van der Waals surface area (Å²) < 4.78 is 39.9. The lowest BCUT2D eigenvalue weighted by molar-refractivity contribution is -0.130. The Morgan fingerprint density at radius 3 is 2.44 bits per heavy atom. The highest BCUT2D eigenvalue weighted by Gasteiger charge is 2.14. The summed E-state index contributed by atoms with van der Waals surface area (Å²) in [6, 6.07) is 8.75. The summed E-state index contributed by atoms with van der Waals surface area (Å²) in [6.07, 6.45) is -0.0283. The zero-order valence-corrected chi connectivity index (χ0v) is 13.6. The molecule has 0 aliphatic rings. The summed E-state index contributed by atoms with van der Waals surface area (Å²) in [7, 11) is 1.52. The minimum atomic E-state index is -0.972. The monoisotopic (exact) mass is 350 g/mol. The van der Waals surface area contributed by atoms with E-state index in [1.807, 2.05) is 0 Å². The smallest absolute Gasteiger partial charge is 0.254 e. The van der Waals surface area contributed by atoms with Crippen LogP contribution in [0.2, 0.25) is 0 Å². The molecule has 2 aromatic carbocycles. The molecule has 0 saturated carbocycles. The molecule has 0 saturated heterocycles. The number of nitrogens with one attached hydrogen (secondary N) is 1. The maximum absolute atomic E-state index is 13.6. The molecule has 0 aliphatic heterocycles. The molecule has 4 nitrogen and oxygen atoms in total. The van der Waals surface area contributed by atoms with Gasteiger partial charge in [0, 0.05) is 38.2 Å². The molecule has 0 unspecified atom stereocenters. The normalized spacial score (nSPS) is 10.4. The second-order valence-electron chi connectivity index (χ2n) is 5.47. The number of benzene rings is 2. The first-order chi connectivity index (χ1) is 11.9. The van der Waals surface area contributed by atoms with Crippen molar-refractivity contribution in [3.63, 3.8) is 0 Å². The molecule has 0 aromatic heterocycles. The predicted molar refractivity (Wildman–Crippen MR) is 86.2 cm³/mol. The Balaban J connectivity index is 1.83. The maximum Gasteiger partial charge on any atom is 0.254 e. The number of carbonyl (C=O) groups excluding carboxylic acids is 2. The SMILES string of the molecule is CN(Cc1ccccc1F)C(=O)CCNC(=O)c1ccc(F)cc1F. The Hall–Kier alpha value is -2.83. The molecule has 0 fully saturated rings. The number of rotatable bonds is 6. The topological polar surface area (TPSA) is 49.4 Å². The third-order valence-corrected chi connectivity index (χ3v) is 3.59. The van der Waals surface area contributed by atoms with Gasteiger partial charge in [-0.25, -0.2) is 13.2 Å². The zero-order chi connectivity index (χ0) is 18.4. The van der Waals surface area contributed by atoms with Gasteiger partial charge in [0.2, 0.25) is 5.91 Å². The summed E-state index contributed by atoms with van der Waals surface area (Å²) in [5.74, 6) is -3.19. The second-order valence-corrected chi connectivity index (χ2v) is 5.47. The molecule has 132 valence electrons. The molecule has 7 heteroatoms. The molecule has 2 rings (SSSR count). The van der Waals surface area contributed by atoms with Gasteiger partial charge in [0.05, 0.1) is 5.56 Å². The Morgan fingerprint density at radius 2 is 1.76 bits per heavy atom. The highest BCUT2D eigenvalue weighted by molar-refractivity contribution is 5.94. The van der Waals surface area contributed by atoms with Crippen molar-refractivity contribution in [2.24, 2.45) is 0 Å². The molecule has 2 amide bonds. The van der Waals surface area contributed by atoms with Crippen LogP contribution in [-0.4, -0.2) is 30.3 Å². The van der Waals surface area contributed by atoms with Crippen LogP contribution in [0.5, 0.6) is 0 Å². The number of hydrogen-bond donors (Lipinski definition) is 1. The van der Waals surface area contributed by atoms with Crippen LogP contribution in [0, 0.1) is 17.5 Å². The van der Waals surface area contributed by atoms with E-state index in [-0.39, 0.29) is 31.0 Å². The van der Waals surface area contributed by atoms with Gasteiger partial charge in [0.1, 0.15) is 17.5 Å². The molecule has 2 aromatic rings. The van der Waals surface area contributed by atoms with Crippen molar-refractivity contribution < 1.29 is 22.8 Å². The van der Waals surface area contributed by atoms with E-state index in [0.29, 0.717) is 11.6 Å². The predicted octanol–water partition coefficient (Wildman–Crippen LogP) is 2.88. The Bertz CT molecular complexity index is 781. The molecular formula is C18H17F3N2O2. The van der Waals surface area contributed by atoms with Crippen LogP contribution >= 0.6 is 0 Å². The van der Waals surface area contributed by atoms with Crippen LogP contribution in [0.25, 0.3) is 0 Å². The van der Waals surface area contributed by atoms with Crippen LogP contribution in [-0.2, 0) is 11.3 Å². The largest absolute Gasteiger partial charge is 0.351 e. The maximum atomic E-state index is 13.6. The molecule has 0 atom stereocenters. The van der Waals surface area contributed by atoms with E-state index in [1.165, 1.54) is 18.0 Å². The summed E-state index contributed by atoms with van der Waals surface area (Å²) in [5, 5.41) is 2.40. The van der Waals surface area contributed by atoms with Gasteiger partial charge in [-0.15, -0.1) is 0 Å². The van der Waals surface area contributed by atoms with E-state index in [1.54, 1.807) is 18.2 Å². The van der Waals surface area contributed by atoms with Crippen molar-refractivity contribution >= 4 is 11.8 Å². The van der Waals surface area contributed by atoms with E-state index in [0.717, 1.165) is 12.1 Å². The van der Waals surface area contributed by atoms with E-state index in [4.69, 9.17) is 0 Å². The Morgan fingerprint density at radius 1 is 1.04 bits per heavy atom. The molecule has 0 radical (unpaired) electrons. The average molecular weight is 350 g/mol. The van der Waals surface area contributed by atoms with Crippen LogP contribution in [0.15, 0.2) is 42.5 Å². The third kappa shape index (κ3) is 5.07. The molecule has 0 spiro atoms. The molecular weight excluding hydrogens is 333 g/mol. The minimum absolute atomic E-state index is 0.0178. The highest BCUT2D eigenvalue weighted by atomic mass is 19.1. The molecule has 0 heterocycles. The summed E-state index contributed by atoms with van der Waals surface area (Å²) >= 11 is 0. The summed E-state index contributed by atoms with van der Waals surface area (Å²) in [4.78, 5) is 25.2. The standard InChI is InChI=1S/C18H17F3N2O2/c1-23(11-12-4-2-3-5-15(12)20)17(24)8-9-22-18(25)14-7-6-13(19)10-16(14)21/h2-7,10H,8-9,11H2,1H3,(H,22,25). The van der Waals surface area contributed by atoms with Crippen molar-refractivity contribution in [1.29, 1.82) is 0 Å². The zero-order valence-electron chi connectivity index (χ0n) is 13.6. The first-order valence-corrected chi connectivity index (χ1v) is 7.59. The van der Waals surface area contributed by atoms with Gasteiger partial charge in [0.15, 0.2) is 0 Å². The quantitative estimate of drug-likeness (QED) is 0.871. The average Bonchev–Trinajstić information content (AvgIpc) is 2.56. The Labute approximate surface area is 143 Å². The molecule has 1 N–H and O–H groups in total. The fraction of sp³-hybridized carbons (Fsp3) is 0.222. The minimum Gasteiger partial charge on any atom is -0.351 e. The van der Waals surface area contributed by atoms with Crippen LogP contribution < -0.4 is 5.32 Å². The van der Waals surface area contributed by atoms with Crippen molar-refractivity contribution in [3.8, 4) is 0 Å². The lowest BCUT2D eigenvalue weighted by Gasteiger charge is -2.18. The number of halogens is 3. The number of carbonyl (C=O) groups is 2. The van der Waals surface area contributed by atoms with Gasteiger partial charge in [-0.05, 0) is 18.2 Å². The van der Waals surface area contributed by atoms with Crippen LogP contribution in [0.4, 0.5) is 13.2 Å². The first-order valence-electron chi connectivity index (χ1n) is 7.59. The van der Waals surface area contributed by atoms with Gasteiger partial charge in [0.25, 0.3) is 5.91 Å². The fourth-order valence-electron chi connectivity index (χ4n) is 2.21. The van der Waals surface area contributed by atoms with Crippen molar-refractivity contribution in [3.05, 3.63) is 71.0 Å². The fourth-order valence-corrected chi connectivity index (χ4v) is 2.21. The van der Waals surface area contributed by atoms with Gasteiger partial charge in [-0.3, -0.25) is 9.59 Å². The van der Waals surface area contributed by atoms with E-state index in [2.05, 4.69) is 5.32 Å². The second kappa shape index (κ2) is 8.32. The van der Waals surface area contributed by atoms with Gasteiger partial charge >= 0.3 is 0 Å². The van der Waals surface area contributed by atoms with Crippen molar-refractivity contribution in [1.82, 2.24) is 10.2 Å². The summed E-state index contributed by atoms with van der Waals surface area (Å²) in [6.45, 7) is 0.0855. The number of amides is 2. The Kier molecular flexibility index (Phi) is 6.16. The summed E-state index contributed by atoms with van der Waals surface area (Å²) in [5.41, 5.74) is 0.0873.